The molecule has 2 N–H and O–H groups in total. The Kier molecular flexibility index (Phi) is 2.95. The first-order valence-corrected chi connectivity index (χ1v) is 7.21. The zero-order valence-electron chi connectivity index (χ0n) is 10.6. The lowest BCUT2D eigenvalue weighted by atomic mass is 10.1. The van der Waals surface area contributed by atoms with Gasteiger partial charge < -0.3 is 5.73 Å². The van der Waals surface area contributed by atoms with E-state index < -0.39 is 0 Å². The molecule has 6 heteroatoms. The highest BCUT2D eigenvalue weighted by atomic mass is 35.5. The number of anilines is 1. The van der Waals surface area contributed by atoms with E-state index in [2.05, 4.69) is 33.8 Å². The highest BCUT2D eigenvalue weighted by Crippen LogP contribution is 2.30. The highest BCUT2D eigenvalue weighted by Gasteiger charge is 2.15. The second kappa shape index (κ2) is 4.51. The summed E-state index contributed by atoms with van der Waals surface area (Å²) >= 11 is 7.55. The summed E-state index contributed by atoms with van der Waals surface area (Å²) in [6.45, 7) is 4.31. The standard InChI is InChI=1S/C13H13ClN4S/c1-7(2)11-6-19-13-17-16-12(18(11)13)8-3-4-9(14)10(15)5-8/h3-7H,15H2,1-2H3. The number of nitrogen functional groups attached to an aromatic ring is 1. The van der Waals surface area contributed by atoms with Crippen LogP contribution >= 0.6 is 22.9 Å². The number of nitrogens with zero attached hydrogens (tertiary/aromatic N) is 3. The van der Waals surface area contributed by atoms with Gasteiger partial charge in [0.25, 0.3) is 0 Å². The molecule has 0 aliphatic carbocycles. The van der Waals surface area contributed by atoms with Gasteiger partial charge in [-0.1, -0.05) is 25.4 Å². The van der Waals surface area contributed by atoms with E-state index in [0.29, 0.717) is 16.6 Å². The molecule has 0 atom stereocenters. The molecule has 0 aliphatic rings. The first-order chi connectivity index (χ1) is 9.08. The second-order valence-corrected chi connectivity index (χ2v) is 5.94. The molecule has 3 aromatic rings. The highest BCUT2D eigenvalue weighted by molar-refractivity contribution is 7.15. The van der Waals surface area contributed by atoms with Crippen molar-refractivity contribution in [2.45, 2.75) is 19.8 Å². The Morgan fingerprint density at radius 2 is 2.11 bits per heavy atom. The summed E-state index contributed by atoms with van der Waals surface area (Å²) in [6.07, 6.45) is 0. The van der Waals surface area contributed by atoms with Crippen LogP contribution in [0.5, 0.6) is 0 Å². The number of hydrogen-bond donors (Lipinski definition) is 1. The fraction of sp³-hybridized carbons (Fsp3) is 0.231. The molecule has 0 aliphatic heterocycles. The Balaban J connectivity index is 2.24. The molecule has 0 spiro atoms. The van der Waals surface area contributed by atoms with Crippen LogP contribution in [0.15, 0.2) is 23.6 Å². The largest absolute Gasteiger partial charge is 0.398 e. The Morgan fingerprint density at radius 1 is 1.32 bits per heavy atom. The maximum absolute atomic E-state index is 5.96. The number of hydrogen-bond acceptors (Lipinski definition) is 4. The SMILES string of the molecule is CC(C)c1csc2nnc(-c3ccc(Cl)c(N)c3)n12. The number of rotatable bonds is 2. The van der Waals surface area contributed by atoms with Crippen LogP contribution in [-0.2, 0) is 0 Å². The maximum Gasteiger partial charge on any atom is 0.216 e. The molecule has 0 fully saturated rings. The van der Waals surface area contributed by atoms with E-state index in [4.69, 9.17) is 17.3 Å². The number of halogens is 1. The number of thiazole rings is 1. The molecule has 98 valence electrons. The predicted octanol–water partition coefficient (Wildman–Crippen LogP) is 3.82. The summed E-state index contributed by atoms with van der Waals surface area (Å²) in [5, 5.41) is 11.1. The number of benzene rings is 1. The van der Waals surface area contributed by atoms with Gasteiger partial charge in [-0.25, -0.2) is 0 Å². The fourth-order valence-corrected chi connectivity index (χ4v) is 3.12. The van der Waals surface area contributed by atoms with Crippen LogP contribution in [0, 0.1) is 0 Å². The van der Waals surface area contributed by atoms with E-state index in [0.717, 1.165) is 16.3 Å². The van der Waals surface area contributed by atoms with Crippen molar-refractivity contribution >= 4 is 33.6 Å². The Morgan fingerprint density at radius 3 is 2.79 bits per heavy atom. The average Bonchev–Trinajstić information content (AvgIpc) is 2.93. The van der Waals surface area contributed by atoms with Crippen molar-refractivity contribution < 1.29 is 0 Å². The summed E-state index contributed by atoms with van der Waals surface area (Å²) in [5.74, 6) is 1.22. The van der Waals surface area contributed by atoms with Gasteiger partial charge >= 0.3 is 0 Å². The van der Waals surface area contributed by atoms with Crippen molar-refractivity contribution in [3.63, 3.8) is 0 Å². The second-order valence-electron chi connectivity index (χ2n) is 4.69. The monoisotopic (exact) mass is 292 g/mol. The maximum atomic E-state index is 5.96. The first-order valence-electron chi connectivity index (χ1n) is 5.96. The van der Waals surface area contributed by atoms with E-state index in [1.807, 2.05) is 12.1 Å². The minimum Gasteiger partial charge on any atom is -0.398 e. The molecule has 0 saturated heterocycles. The molecule has 4 nitrogen and oxygen atoms in total. The zero-order valence-corrected chi connectivity index (χ0v) is 12.2. The van der Waals surface area contributed by atoms with Gasteiger partial charge in [0.2, 0.25) is 4.96 Å². The van der Waals surface area contributed by atoms with Crippen molar-refractivity contribution in [3.8, 4) is 11.4 Å². The van der Waals surface area contributed by atoms with Gasteiger partial charge in [0.15, 0.2) is 5.82 Å². The average molecular weight is 293 g/mol. The Hall–Kier alpha value is -1.59. The van der Waals surface area contributed by atoms with Crippen molar-refractivity contribution in [1.29, 1.82) is 0 Å². The molecule has 0 radical (unpaired) electrons. The molecule has 2 aromatic heterocycles. The van der Waals surface area contributed by atoms with Gasteiger partial charge in [-0.15, -0.1) is 21.5 Å². The lowest BCUT2D eigenvalue weighted by Crippen LogP contribution is -1.97. The molecule has 19 heavy (non-hydrogen) atoms. The molecule has 0 bridgehead atoms. The Labute approximate surface area is 119 Å². The van der Waals surface area contributed by atoms with Crippen LogP contribution in [-0.4, -0.2) is 14.6 Å². The number of fused-ring (bicyclic) bond motifs is 1. The first kappa shape index (κ1) is 12.4. The molecule has 0 unspecified atom stereocenters. The van der Waals surface area contributed by atoms with Gasteiger partial charge in [-0.3, -0.25) is 4.40 Å². The summed E-state index contributed by atoms with van der Waals surface area (Å²) < 4.78 is 2.08. The van der Waals surface area contributed by atoms with E-state index >= 15 is 0 Å². The van der Waals surface area contributed by atoms with E-state index in [9.17, 15) is 0 Å². The van der Waals surface area contributed by atoms with Crippen LogP contribution in [0.1, 0.15) is 25.5 Å². The van der Waals surface area contributed by atoms with Crippen LogP contribution < -0.4 is 5.73 Å². The molecular weight excluding hydrogens is 280 g/mol. The quantitative estimate of drug-likeness (QED) is 0.731. The van der Waals surface area contributed by atoms with Gasteiger partial charge in [-0.05, 0) is 24.1 Å². The third-order valence-electron chi connectivity index (χ3n) is 3.02. The Bertz CT molecular complexity index is 744. The van der Waals surface area contributed by atoms with Gasteiger partial charge in [0.1, 0.15) is 0 Å². The lowest BCUT2D eigenvalue weighted by Gasteiger charge is -2.06. The van der Waals surface area contributed by atoms with Gasteiger partial charge in [0.05, 0.1) is 10.7 Å². The molecule has 0 saturated carbocycles. The van der Waals surface area contributed by atoms with Crippen LogP contribution in [0.2, 0.25) is 5.02 Å². The fourth-order valence-electron chi connectivity index (χ4n) is 2.01. The van der Waals surface area contributed by atoms with Crippen molar-refractivity contribution in [3.05, 3.63) is 34.3 Å². The van der Waals surface area contributed by atoms with E-state index in [1.165, 1.54) is 5.69 Å². The summed E-state index contributed by atoms with van der Waals surface area (Å²) in [7, 11) is 0. The van der Waals surface area contributed by atoms with Crippen LogP contribution in [0.3, 0.4) is 0 Å². The predicted molar refractivity (Wildman–Crippen MR) is 79.8 cm³/mol. The summed E-state index contributed by atoms with van der Waals surface area (Å²) in [4.78, 5) is 0.896. The molecular formula is C13H13ClN4S. The van der Waals surface area contributed by atoms with Gasteiger partial charge in [0, 0.05) is 16.6 Å². The van der Waals surface area contributed by atoms with Crippen LogP contribution in [0.25, 0.3) is 16.3 Å². The molecule has 3 rings (SSSR count). The number of nitrogens with two attached hydrogens (primary N) is 1. The molecule has 1 aromatic carbocycles. The lowest BCUT2D eigenvalue weighted by molar-refractivity contribution is 0.811. The van der Waals surface area contributed by atoms with Crippen molar-refractivity contribution in [2.75, 3.05) is 5.73 Å². The normalized spacial score (nSPS) is 11.6. The van der Waals surface area contributed by atoms with Gasteiger partial charge in [-0.2, -0.15) is 0 Å². The smallest absolute Gasteiger partial charge is 0.216 e. The minimum absolute atomic E-state index is 0.410. The number of aromatic nitrogens is 3. The summed E-state index contributed by atoms with van der Waals surface area (Å²) in [6, 6.07) is 5.53. The third-order valence-corrected chi connectivity index (χ3v) is 4.20. The molecule has 0 amide bonds. The topological polar surface area (TPSA) is 56.2 Å². The summed E-state index contributed by atoms with van der Waals surface area (Å²) in [5.41, 5.74) is 8.54. The van der Waals surface area contributed by atoms with E-state index in [-0.39, 0.29) is 0 Å². The van der Waals surface area contributed by atoms with E-state index in [1.54, 1.807) is 17.4 Å². The van der Waals surface area contributed by atoms with Crippen molar-refractivity contribution in [2.24, 2.45) is 0 Å². The van der Waals surface area contributed by atoms with Crippen LogP contribution in [0.4, 0.5) is 5.69 Å². The van der Waals surface area contributed by atoms with Crippen molar-refractivity contribution in [1.82, 2.24) is 14.6 Å². The molecule has 2 heterocycles. The zero-order chi connectivity index (χ0) is 13.6. The third kappa shape index (κ3) is 1.99. The minimum atomic E-state index is 0.410.